The van der Waals surface area contributed by atoms with Crippen molar-refractivity contribution < 1.29 is 80.2 Å². The number of phosphoric acid groups is 2. The van der Waals surface area contributed by atoms with Crippen LogP contribution in [0.2, 0.25) is 0 Å². The highest BCUT2D eigenvalue weighted by Gasteiger charge is 2.30. The first-order valence-corrected chi connectivity index (χ1v) is 47.2. The number of aliphatic hydroxyl groups excluding tert-OH is 1. The summed E-state index contributed by atoms with van der Waals surface area (Å²) in [5, 5.41) is 10.7. The van der Waals surface area contributed by atoms with Gasteiger partial charge in [-0.2, -0.15) is 0 Å². The lowest BCUT2D eigenvalue weighted by molar-refractivity contribution is -0.161. The molecule has 0 aromatic heterocycles. The number of ether oxygens (including phenoxy) is 4. The van der Waals surface area contributed by atoms with Crippen LogP contribution in [-0.2, 0) is 65.4 Å². The molecular formula is C85H166O17P2. The van der Waals surface area contributed by atoms with E-state index >= 15 is 0 Å². The summed E-state index contributed by atoms with van der Waals surface area (Å²) in [6, 6.07) is 0. The van der Waals surface area contributed by atoms with Crippen molar-refractivity contribution in [3.05, 3.63) is 0 Å². The molecule has 0 fully saturated rings. The second-order valence-electron chi connectivity index (χ2n) is 30.8. The molecule has 0 radical (unpaired) electrons. The number of hydrogen-bond donors (Lipinski definition) is 3. The fourth-order valence-electron chi connectivity index (χ4n) is 13.3. The van der Waals surface area contributed by atoms with Crippen molar-refractivity contribution in [1.82, 2.24) is 0 Å². The van der Waals surface area contributed by atoms with Crippen molar-refractivity contribution >= 4 is 39.5 Å². The molecule has 0 heterocycles. The maximum atomic E-state index is 13.1. The van der Waals surface area contributed by atoms with E-state index in [1.807, 2.05) is 0 Å². The van der Waals surface area contributed by atoms with Crippen LogP contribution >= 0.6 is 15.6 Å². The van der Waals surface area contributed by atoms with Gasteiger partial charge in [-0.3, -0.25) is 37.3 Å². The maximum absolute atomic E-state index is 13.1. The first-order chi connectivity index (χ1) is 50.6. The molecule has 0 saturated carbocycles. The molecule has 0 aromatic rings. The smallest absolute Gasteiger partial charge is 0.462 e. The third-order valence-corrected chi connectivity index (χ3v) is 22.3. The molecule has 0 aliphatic rings. The van der Waals surface area contributed by atoms with Gasteiger partial charge >= 0.3 is 39.5 Å². The minimum atomic E-state index is -4.96. The van der Waals surface area contributed by atoms with E-state index in [4.69, 9.17) is 37.0 Å². The zero-order chi connectivity index (χ0) is 76.2. The Labute approximate surface area is 638 Å². The molecule has 6 atom stereocenters. The summed E-state index contributed by atoms with van der Waals surface area (Å²) < 4.78 is 68.9. The number of aliphatic hydroxyl groups is 1. The van der Waals surface area contributed by atoms with Crippen molar-refractivity contribution in [2.45, 2.75) is 477 Å². The van der Waals surface area contributed by atoms with Gasteiger partial charge in [-0.05, 0) is 31.6 Å². The second-order valence-corrected chi connectivity index (χ2v) is 33.7. The van der Waals surface area contributed by atoms with Crippen molar-refractivity contribution in [1.29, 1.82) is 0 Å². The first kappa shape index (κ1) is 102. The van der Waals surface area contributed by atoms with Crippen LogP contribution in [0.5, 0.6) is 0 Å². The van der Waals surface area contributed by atoms with E-state index in [1.165, 1.54) is 283 Å². The Morgan fingerprint density at radius 2 is 0.462 bits per heavy atom. The molecule has 19 heteroatoms. The van der Waals surface area contributed by atoms with Crippen LogP contribution in [0.4, 0.5) is 0 Å². The van der Waals surface area contributed by atoms with Gasteiger partial charge in [0.2, 0.25) is 0 Å². The predicted octanol–water partition coefficient (Wildman–Crippen LogP) is 26.0. The largest absolute Gasteiger partial charge is 0.472 e. The standard InChI is InChI=1S/C85H166O17P2/c1-6-10-13-16-19-22-25-28-31-33-34-35-36-38-40-43-46-49-56-61-66-71-85(90)101-80(74-95-82(87)68-63-58-53-47-44-42-39-37-32-29-26-23-20-17-14-11-7-2)76-99-103(91,92)97-72-79(86)73-98-104(93,94)100-77-81(75-96-83(88)69-64-59-54-51-50-52-57-62-67-78(5)9-4)102-84(89)70-65-60-55-48-45-41-30-27-24-21-18-15-12-8-3/h78-81,86H,6-77H2,1-5H3,(H,91,92)(H,93,94)/t78?,79-,80-,81-/m1/s1. The summed E-state index contributed by atoms with van der Waals surface area (Å²) >= 11 is 0. The molecule has 618 valence electrons. The number of rotatable bonds is 85. The van der Waals surface area contributed by atoms with Crippen LogP contribution in [-0.4, -0.2) is 96.7 Å². The Morgan fingerprint density at radius 3 is 0.683 bits per heavy atom. The summed E-state index contributed by atoms with van der Waals surface area (Å²) in [7, 11) is -9.93. The Bertz CT molecular complexity index is 1980. The molecule has 0 rings (SSSR count). The van der Waals surface area contributed by atoms with Crippen LogP contribution in [0.25, 0.3) is 0 Å². The molecule has 0 saturated heterocycles. The van der Waals surface area contributed by atoms with Gasteiger partial charge in [0.25, 0.3) is 0 Å². The summed E-state index contributed by atoms with van der Waals surface area (Å²) in [6.45, 7) is 7.36. The highest BCUT2D eigenvalue weighted by molar-refractivity contribution is 7.47. The van der Waals surface area contributed by atoms with Gasteiger partial charge in [-0.25, -0.2) is 9.13 Å². The lowest BCUT2D eigenvalue weighted by Gasteiger charge is -2.21. The first-order valence-electron chi connectivity index (χ1n) is 44.2. The molecule has 17 nitrogen and oxygen atoms in total. The van der Waals surface area contributed by atoms with Crippen molar-refractivity contribution in [2.75, 3.05) is 39.6 Å². The predicted molar refractivity (Wildman–Crippen MR) is 428 cm³/mol. The fraction of sp³-hybridized carbons (Fsp3) is 0.953. The van der Waals surface area contributed by atoms with Gasteiger partial charge in [-0.1, -0.05) is 407 Å². The fourth-order valence-corrected chi connectivity index (χ4v) is 14.8. The lowest BCUT2D eigenvalue weighted by Crippen LogP contribution is -2.30. The number of hydrogen-bond acceptors (Lipinski definition) is 15. The van der Waals surface area contributed by atoms with Crippen molar-refractivity contribution in [2.24, 2.45) is 5.92 Å². The van der Waals surface area contributed by atoms with Gasteiger partial charge in [0, 0.05) is 25.7 Å². The van der Waals surface area contributed by atoms with Crippen LogP contribution in [0.1, 0.15) is 458 Å². The van der Waals surface area contributed by atoms with Gasteiger partial charge < -0.3 is 33.8 Å². The highest BCUT2D eigenvalue weighted by atomic mass is 31.2. The molecule has 0 aliphatic carbocycles. The lowest BCUT2D eigenvalue weighted by atomic mass is 9.99. The minimum Gasteiger partial charge on any atom is -0.462 e. The maximum Gasteiger partial charge on any atom is 0.472 e. The zero-order valence-corrected chi connectivity index (χ0v) is 70.0. The Hall–Kier alpha value is -1.94. The zero-order valence-electron chi connectivity index (χ0n) is 68.2. The van der Waals surface area contributed by atoms with Gasteiger partial charge in [0.1, 0.15) is 19.3 Å². The molecule has 0 aliphatic heterocycles. The number of esters is 4. The normalized spacial score (nSPS) is 14.0. The number of carbonyl (C=O) groups excluding carboxylic acids is 4. The van der Waals surface area contributed by atoms with Crippen molar-refractivity contribution in [3.63, 3.8) is 0 Å². The van der Waals surface area contributed by atoms with E-state index in [1.54, 1.807) is 0 Å². The molecule has 0 aromatic carbocycles. The van der Waals surface area contributed by atoms with Crippen LogP contribution < -0.4 is 0 Å². The molecule has 0 bridgehead atoms. The SMILES string of the molecule is CCCCCCCCCCCCCCCCCCCCCCCC(=O)O[C@H](COC(=O)CCCCCCCCCCCCCCCCCCC)COP(=O)(O)OC[C@@H](O)COP(=O)(O)OC[C@@H](COC(=O)CCCCCCCCCCC(C)CC)OC(=O)CCCCCCCCCCCCCCCC. The second kappa shape index (κ2) is 77.8. The van der Waals surface area contributed by atoms with Crippen LogP contribution in [0, 0.1) is 5.92 Å². The van der Waals surface area contributed by atoms with E-state index in [-0.39, 0.29) is 25.7 Å². The molecule has 0 amide bonds. The molecule has 0 spiro atoms. The summed E-state index contributed by atoms with van der Waals surface area (Å²) in [4.78, 5) is 73.2. The number of phosphoric ester groups is 2. The average molecular weight is 1520 g/mol. The van der Waals surface area contributed by atoms with Gasteiger partial charge in [0.05, 0.1) is 26.4 Å². The van der Waals surface area contributed by atoms with E-state index in [2.05, 4.69) is 34.6 Å². The van der Waals surface area contributed by atoms with E-state index in [9.17, 15) is 43.2 Å². The molecule has 3 N–H and O–H groups in total. The summed E-state index contributed by atoms with van der Waals surface area (Å²) in [5.74, 6) is -1.32. The minimum absolute atomic E-state index is 0.108. The van der Waals surface area contributed by atoms with Gasteiger partial charge in [0.15, 0.2) is 12.2 Å². The summed E-state index contributed by atoms with van der Waals surface area (Å²) in [6.07, 6.45) is 70.7. The molecule has 104 heavy (non-hydrogen) atoms. The average Bonchev–Trinajstić information content (AvgIpc) is 0.911. The van der Waals surface area contributed by atoms with Crippen LogP contribution in [0.3, 0.4) is 0 Å². The highest BCUT2D eigenvalue weighted by Crippen LogP contribution is 2.45. The quantitative estimate of drug-likeness (QED) is 0.0222. The third kappa shape index (κ3) is 76.8. The Balaban J connectivity index is 5.24. The molecular weight excluding hydrogens is 1350 g/mol. The monoisotopic (exact) mass is 1520 g/mol. The van der Waals surface area contributed by atoms with E-state index in [0.29, 0.717) is 25.7 Å². The van der Waals surface area contributed by atoms with Crippen molar-refractivity contribution in [3.8, 4) is 0 Å². The number of unbranched alkanes of at least 4 members (excludes halogenated alkanes) is 56. The summed E-state index contributed by atoms with van der Waals surface area (Å²) in [5.41, 5.74) is 0. The topological polar surface area (TPSA) is 237 Å². The number of carbonyl (C=O) groups is 4. The van der Waals surface area contributed by atoms with E-state index < -0.39 is 97.5 Å². The third-order valence-electron chi connectivity index (χ3n) is 20.4. The Morgan fingerprint density at radius 1 is 0.269 bits per heavy atom. The molecule has 3 unspecified atom stereocenters. The Kier molecular flexibility index (Phi) is 76.3. The van der Waals surface area contributed by atoms with E-state index in [0.717, 1.165) is 95.8 Å². The van der Waals surface area contributed by atoms with Gasteiger partial charge in [-0.15, -0.1) is 0 Å². The van der Waals surface area contributed by atoms with Crippen LogP contribution in [0.15, 0.2) is 0 Å².